The summed E-state index contributed by atoms with van der Waals surface area (Å²) < 4.78 is 46.3. The summed E-state index contributed by atoms with van der Waals surface area (Å²) in [4.78, 5) is 27.1. The first kappa shape index (κ1) is 21.1. The van der Waals surface area contributed by atoms with Crippen molar-refractivity contribution in [2.24, 2.45) is 0 Å². The van der Waals surface area contributed by atoms with Crippen LogP contribution >= 0.6 is 0 Å². The Balaban J connectivity index is 2.18. The number of allylic oxidation sites excluding steroid dienone is 2. The van der Waals surface area contributed by atoms with E-state index >= 15 is 0 Å². The summed E-state index contributed by atoms with van der Waals surface area (Å²) in [5.74, 6) is -1.79. The molecule has 1 saturated heterocycles. The second-order valence-corrected chi connectivity index (χ2v) is 7.06. The van der Waals surface area contributed by atoms with Crippen molar-refractivity contribution in [3.63, 3.8) is 0 Å². The number of ether oxygens (including phenoxy) is 1. The minimum atomic E-state index is -5.11. The number of aliphatic hydroxyl groups is 1. The zero-order valence-electron chi connectivity index (χ0n) is 16.0. The average molecular weight is 409 g/mol. The molecule has 0 saturated carbocycles. The molecule has 2 aliphatic rings. The van der Waals surface area contributed by atoms with Crippen LogP contribution in [0.4, 0.5) is 13.2 Å². The number of esters is 1. The fourth-order valence-corrected chi connectivity index (χ4v) is 3.68. The molecule has 1 heterocycles. The first-order chi connectivity index (χ1) is 13.7. The van der Waals surface area contributed by atoms with Crippen molar-refractivity contribution in [3.05, 3.63) is 58.8 Å². The summed E-state index contributed by atoms with van der Waals surface area (Å²) in [7, 11) is 0. The van der Waals surface area contributed by atoms with Crippen molar-refractivity contribution >= 4 is 11.8 Å². The molecule has 0 radical (unpaired) electrons. The van der Waals surface area contributed by atoms with Crippen molar-refractivity contribution in [2.75, 3.05) is 19.7 Å². The Labute approximate surface area is 166 Å². The predicted molar refractivity (Wildman–Crippen MR) is 98.9 cm³/mol. The van der Waals surface area contributed by atoms with Gasteiger partial charge in [0.2, 0.25) is 0 Å². The van der Waals surface area contributed by atoms with Crippen LogP contribution in [0.2, 0.25) is 0 Å². The fourth-order valence-electron chi connectivity index (χ4n) is 3.68. The second-order valence-electron chi connectivity index (χ2n) is 7.06. The van der Waals surface area contributed by atoms with Gasteiger partial charge in [-0.15, -0.1) is 0 Å². The van der Waals surface area contributed by atoms with Gasteiger partial charge in [0.15, 0.2) is 11.4 Å². The highest BCUT2D eigenvalue weighted by atomic mass is 19.4. The van der Waals surface area contributed by atoms with E-state index in [1.807, 2.05) is 0 Å². The lowest BCUT2D eigenvalue weighted by molar-refractivity contribution is -0.246. The summed E-state index contributed by atoms with van der Waals surface area (Å²) >= 11 is 0. The topological polar surface area (TPSA) is 66.8 Å². The molecule has 1 aromatic carbocycles. The maximum absolute atomic E-state index is 13.9. The molecule has 1 aliphatic heterocycles. The van der Waals surface area contributed by atoms with Crippen LogP contribution in [0.5, 0.6) is 0 Å². The van der Waals surface area contributed by atoms with Gasteiger partial charge in [0.25, 0.3) is 0 Å². The van der Waals surface area contributed by atoms with Crippen LogP contribution < -0.4 is 0 Å². The Bertz CT molecular complexity index is 854. The molecule has 8 heteroatoms. The summed E-state index contributed by atoms with van der Waals surface area (Å²) in [5, 5.41) is 10.6. The third-order valence-electron chi connectivity index (χ3n) is 5.20. The first-order valence-electron chi connectivity index (χ1n) is 9.45. The lowest BCUT2D eigenvalue weighted by atomic mass is 9.79. The Morgan fingerprint density at radius 1 is 1.17 bits per heavy atom. The Morgan fingerprint density at radius 2 is 1.79 bits per heavy atom. The fraction of sp³-hybridized carbons (Fsp3) is 0.429. The van der Waals surface area contributed by atoms with Gasteiger partial charge in [-0.25, -0.2) is 4.79 Å². The maximum atomic E-state index is 13.9. The Morgan fingerprint density at radius 3 is 2.34 bits per heavy atom. The van der Waals surface area contributed by atoms with Crippen molar-refractivity contribution < 1.29 is 32.6 Å². The number of hydrogen-bond donors (Lipinski definition) is 1. The van der Waals surface area contributed by atoms with Gasteiger partial charge in [-0.2, -0.15) is 13.2 Å². The van der Waals surface area contributed by atoms with Crippen LogP contribution in [0, 0.1) is 0 Å². The molecule has 156 valence electrons. The van der Waals surface area contributed by atoms with Crippen molar-refractivity contribution in [1.82, 2.24) is 4.90 Å². The molecule has 0 amide bonds. The van der Waals surface area contributed by atoms with Gasteiger partial charge in [0.05, 0.1) is 12.2 Å². The number of likely N-dealkylation sites (tertiary alicyclic amines) is 1. The molecule has 29 heavy (non-hydrogen) atoms. The highest BCUT2D eigenvalue weighted by Crippen LogP contribution is 2.46. The predicted octanol–water partition coefficient (Wildman–Crippen LogP) is 3.41. The molecular formula is C21H22F3NO4. The van der Waals surface area contributed by atoms with Crippen LogP contribution in [0.25, 0.3) is 0 Å². The van der Waals surface area contributed by atoms with E-state index < -0.39 is 35.5 Å². The number of hydrogen-bond acceptors (Lipinski definition) is 5. The van der Waals surface area contributed by atoms with E-state index in [9.17, 15) is 27.9 Å². The van der Waals surface area contributed by atoms with Gasteiger partial charge in [-0.1, -0.05) is 30.3 Å². The normalized spacial score (nSPS) is 22.5. The maximum Gasteiger partial charge on any atom is 0.422 e. The summed E-state index contributed by atoms with van der Waals surface area (Å²) in [5.41, 5.74) is -4.01. The van der Waals surface area contributed by atoms with Crippen LogP contribution in [-0.4, -0.2) is 53.2 Å². The zero-order valence-corrected chi connectivity index (χ0v) is 16.0. The molecule has 1 N–H and O–H groups in total. The molecule has 0 spiro atoms. The van der Waals surface area contributed by atoms with Gasteiger partial charge in [0.1, 0.15) is 0 Å². The van der Waals surface area contributed by atoms with E-state index in [-0.39, 0.29) is 23.4 Å². The van der Waals surface area contributed by atoms with E-state index in [0.717, 1.165) is 18.9 Å². The zero-order chi connectivity index (χ0) is 21.2. The van der Waals surface area contributed by atoms with Crippen LogP contribution in [0.15, 0.2) is 53.3 Å². The molecule has 1 atom stereocenters. The Kier molecular flexibility index (Phi) is 5.84. The third-order valence-corrected chi connectivity index (χ3v) is 5.20. The molecule has 3 rings (SSSR count). The van der Waals surface area contributed by atoms with Crippen molar-refractivity contribution in [1.29, 1.82) is 0 Å². The van der Waals surface area contributed by atoms with E-state index in [1.54, 1.807) is 35.2 Å². The van der Waals surface area contributed by atoms with E-state index in [0.29, 0.717) is 13.1 Å². The number of benzene rings is 1. The van der Waals surface area contributed by atoms with Gasteiger partial charge in [-0.05, 0) is 25.8 Å². The first-order valence-corrected chi connectivity index (χ1v) is 9.45. The second kappa shape index (κ2) is 8.02. The number of ketones is 1. The standard InChI is InChI=1S/C21H22F3NO4/c1-2-29-19(27)16-12-15(18(26)14-8-4-3-5-9-14)17(25-10-6-7-11-25)13-20(16,28)21(22,23)24/h3-5,8-9,12,28H,2,6-7,10-11,13H2,1H3. The summed E-state index contributed by atoms with van der Waals surface area (Å²) in [6.07, 6.45) is -3.62. The van der Waals surface area contributed by atoms with Crippen LogP contribution in [0.3, 0.4) is 0 Å². The number of alkyl halides is 3. The lowest BCUT2D eigenvalue weighted by Crippen LogP contribution is -2.52. The minimum absolute atomic E-state index is 0.0184. The lowest BCUT2D eigenvalue weighted by Gasteiger charge is -2.38. The number of Topliss-reactive ketones (excluding diaryl/α,β-unsaturated/α-hetero) is 1. The van der Waals surface area contributed by atoms with Crippen LogP contribution in [0.1, 0.15) is 36.5 Å². The summed E-state index contributed by atoms with van der Waals surface area (Å²) in [6, 6.07) is 8.12. The highest BCUT2D eigenvalue weighted by molar-refractivity contribution is 6.12. The smallest absolute Gasteiger partial charge is 0.422 e. The van der Waals surface area contributed by atoms with E-state index in [2.05, 4.69) is 0 Å². The van der Waals surface area contributed by atoms with E-state index in [1.165, 1.54) is 6.92 Å². The highest BCUT2D eigenvalue weighted by Gasteiger charge is 2.60. The van der Waals surface area contributed by atoms with Gasteiger partial charge < -0.3 is 14.7 Å². The van der Waals surface area contributed by atoms with Gasteiger partial charge >= 0.3 is 12.1 Å². The molecular weight excluding hydrogens is 387 g/mol. The number of halogens is 3. The summed E-state index contributed by atoms with van der Waals surface area (Å²) in [6.45, 7) is 2.26. The van der Waals surface area contributed by atoms with Crippen LogP contribution in [-0.2, 0) is 9.53 Å². The number of carbonyl (C=O) groups is 2. The average Bonchev–Trinajstić information content (AvgIpc) is 3.22. The quantitative estimate of drug-likeness (QED) is 0.596. The molecule has 1 unspecified atom stereocenters. The van der Waals surface area contributed by atoms with Crippen molar-refractivity contribution in [2.45, 2.75) is 38.0 Å². The van der Waals surface area contributed by atoms with Gasteiger partial charge in [0, 0.05) is 36.3 Å². The van der Waals surface area contributed by atoms with E-state index in [4.69, 9.17) is 4.74 Å². The van der Waals surface area contributed by atoms with Gasteiger partial charge in [-0.3, -0.25) is 4.79 Å². The minimum Gasteiger partial charge on any atom is -0.463 e. The molecule has 1 aliphatic carbocycles. The monoisotopic (exact) mass is 409 g/mol. The third kappa shape index (κ3) is 3.94. The largest absolute Gasteiger partial charge is 0.463 e. The molecule has 0 bridgehead atoms. The molecule has 1 aromatic rings. The number of rotatable bonds is 5. The molecule has 5 nitrogen and oxygen atoms in total. The number of nitrogens with zero attached hydrogens (tertiary/aromatic N) is 1. The Hall–Kier alpha value is -2.61. The van der Waals surface area contributed by atoms with Crippen molar-refractivity contribution in [3.8, 4) is 0 Å². The SMILES string of the molecule is CCOC(=O)C1=CC(C(=O)c2ccccc2)=C(N2CCCC2)CC1(O)C(F)(F)F. The molecule has 0 aromatic heterocycles. The molecule has 1 fully saturated rings. The number of carbonyl (C=O) groups excluding carboxylic acids is 2.